The van der Waals surface area contributed by atoms with Crippen LogP contribution >= 0.6 is 0 Å². The fourth-order valence-corrected chi connectivity index (χ4v) is 11.1. The summed E-state index contributed by atoms with van der Waals surface area (Å²) < 4.78 is 13.1. The number of ether oxygens (including phenoxy) is 2. The van der Waals surface area contributed by atoms with Crippen molar-refractivity contribution in [2.75, 3.05) is 0 Å². The van der Waals surface area contributed by atoms with Gasteiger partial charge in [0, 0.05) is 12.0 Å². The summed E-state index contributed by atoms with van der Waals surface area (Å²) in [4.78, 5) is 13.3. The molecule has 0 heterocycles. The van der Waals surface area contributed by atoms with Crippen LogP contribution in [0.25, 0.3) is 0 Å². The number of hydrogen-bond donors (Lipinski definition) is 1. The summed E-state index contributed by atoms with van der Waals surface area (Å²) in [6, 6.07) is 0. The van der Waals surface area contributed by atoms with Gasteiger partial charge in [-0.05, 0) is 146 Å². The molecule has 8 atom stereocenters. The fourth-order valence-electron chi connectivity index (χ4n) is 11.1. The van der Waals surface area contributed by atoms with Gasteiger partial charge in [-0.3, -0.25) is 4.79 Å². The van der Waals surface area contributed by atoms with E-state index in [1.807, 2.05) is 41.5 Å². The second-order valence-corrected chi connectivity index (χ2v) is 18.9. The van der Waals surface area contributed by atoms with Crippen molar-refractivity contribution in [3.63, 3.8) is 0 Å². The highest BCUT2D eigenvalue weighted by Crippen LogP contribution is 2.63. The maximum Gasteiger partial charge on any atom is 0.312 e. The maximum atomic E-state index is 13.3. The summed E-state index contributed by atoms with van der Waals surface area (Å²) >= 11 is 0. The number of hydrogen-bond acceptors (Lipinski definition) is 4. The molecular formula is C47H91NO3. The average Bonchev–Trinajstić information content (AvgIpc) is 3.40. The zero-order valence-electron chi connectivity index (χ0n) is 37.5. The van der Waals surface area contributed by atoms with E-state index < -0.39 is 11.0 Å². The Bertz CT molecular complexity index is 1040. The van der Waals surface area contributed by atoms with Gasteiger partial charge in [-0.1, -0.05) is 114 Å². The van der Waals surface area contributed by atoms with Crippen molar-refractivity contribution in [3.8, 4) is 0 Å². The molecule has 4 rings (SSSR count). The van der Waals surface area contributed by atoms with E-state index >= 15 is 0 Å². The molecule has 4 heteroatoms. The van der Waals surface area contributed by atoms with Crippen molar-refractivity contribution in [1.29, 1.82) is 0 Å². The number of carbonyl (C=O) groups is 1. The molecule has 4 aliphatic rings. The lowest BCUT2D eigenvalue weighted by atomic mass is 9.49. The quantitative estimate of drug-likeness (QED) is 0.110. The van der Waals surface area contributed by atoms with Gasteiger partial charge in [0.25, 0.3) is 0 Å². The minimum absolute atomic E-state index is 0.0662. The molecule has 0 amide bonds. The molecule has 3 saturated carbocycles. The van der Waals surface area contributed by atoms with Crippen molar-refractivity contribution >= 4 is 5.97 Å². The van der Waals surface area contributed by atoms with Crippen molar-refractivity contribution in [2.45, 2.75) is 237 Å². The highest BCUT2D eigenvalue weighted by Gasteiger charge is 2.59. The van der Waals surface area contributed by atoms with Gasteiger partial charge in [0.1, 0.15) is 5.60 Å². The van der Waals surface area contributed by atoms with E-state index in [2.05, 4.69) is 82.2 Å². The molecule has 3 fully saturated rings. The van der Waals surface area contributed by atoms with E-state index in [-0.39, 0.29) is 23.2 Å². The van der Waals surface area contributed by atoms with Gasteiger partial charge in [-0.2, -0.15) is 0 Å². The van der Waals surface area contributed by atoms with Crippen LogP contribution in [0.3, 0.4) is 0 Å². The van der Waals surface area contributed by atoms with E-state index in [9.17, 15) is 4.79 Å². The van der Waals surface area contributed by atoms with Crippen LogP contribution in [-0.2, 0) is 14.3 Å². The Morgan fingerprint density at radius 1 is 0.863 bits per heavy atom. The third kappa shape index (κ3) is 12.3. The lowest BCUT2D eigenvalue weighted by Crippen LogP contribution is -2.59. The van der Waals surface area contributed by atoms with Crippen LogP contribution < -0.4 is 5.73 Å². The molecule has 0 aromatic carbocycles. The van der Waals surface area contributed by atoms with Crippen LogP contribution in [-0.4, -0.2) is 28.8 Å². The smallest absolute Gasteiger partial charge is 0.312 e. The second kappa shape index (κ2) is 20.7. The average molecular weight is 718 g/mol. The molecule has 4 aliphatic carbocycles. The first-order valence-corrected chi connectivity index (χ1v) is 22.2. The summed E-state index contributed by atoms with van der Waals surface area (Å²) in [7, 11) is 0. The van der Waals surface area contributed by atoms with Crippen LogP contribution in [0.2, 0.25) is 0 Å². The topological polar surface area (TPSA) is 61.5 Å². The van der Waals surface area contributed by atoms with E-state index in [1.54, 1.807) is 5.57 Å². The zero-order valence-corrected chi connectivity index (χ0v) is 37.5. The number of carbonyl (C=O) groups excluding carboxylic acids is 1. The van der Waals surface area contributed by atoms with Gasteiger partial charge < -0.3 is 15.2 Å². The SMILES string of the molecule is CC.CC.CC.CCC(C)(CC(C)C)C(=O)OC(C)(C)CC(C)(C)OC1CCC2(C)C(=CCC3C2CCC2(N)C(CCCCC(C)C)CCC32)C1. The number of nitrogens with two attached hydrogens (primary N) is 1. The molecule has 2 N–H and O–H groups in total. The molecule has 51 heavy (non-hydrogen) atoms. The van der Waals surface area contributed by atoms with Crippen LogP contribution in [0.1, 0.15) is 214 Å². The molecule has 0 aromatic heterocycles. The molecule has 0 bridgehead atoms. The van der Waals surface area contributed by atoms with Gasteiger partial charge >= 0.3 is 5.97 Å². The lowest BCUT2D eigenvalue weighted by molar-refractivity contribution is -0.179. The van der Waals surface area contributed by atoms with E-state index in [0.717, 1.165) is 49.4 Å². The Labute approximate surface area is 320 Å². The van der Waals surface area contributed by atoms with Crippen LogP contribution in [0.5, 0.6) is 0 Å². The molecule has 0 aliphatic heterocycles. The first-order chi connectivity index (χ1) is 23.8. The van der Waals surface area contributed by atoms with Crippen LogP contribution in [0.4, 0.5) is 0 Å². The number of esters is 1. The van der Waals surface area contributed by atoms with E-state index in [1.165, 1.54) is 64.2 Å². The van der Waals surface area contributed by atoms with Gasteiger partial charge in [-0.15, -0.1) is 0 Å². The number of rotatable bonds is 14. The largest absolute Gasteiger partial charge is 0.459 e. The van der Waals surface area contributed by atoms with E-state index in [0.29, 0.717) is 23.7 Å². The number of unbranched alkanes of at least 4 members (excludes halogenated alkanes) is 1. The van der Waals surface area contributed by atoms with Gasteiger partial charge in [0.05, 0.1) is 17.1 Å². The van der Waals surface area contributed by atoms with Crippen molar-refractivity contribution in [3.05, 3.63) is 11.6 Å². The molecule has 8 unspecified atom stereocenters. The zero-order chi connectivity index (χ0) is 39.4. The first kappa shape index (κ1) is 48.1. The minimum Gasteiger partial charge on any atom is -0.459 e. The molecule has 0 aromatic rings. The van der Waals surface area contributed by atoms with Gasteiger partial charge in [-0.25, -0.2) is 0 Å². The Morgan fingerprint density at radius 2 is 1.49 bits per heavy atom. The second-order valence-electron chi connectivity index (χ2n) is 18.9. The highest BCUT2D eigenvalue weighted by atomic mass is 16.6. The Hall–Kier alpha value is -0.870. The van der Waals surface area contributed by atoms with Crippen LogP contribution in [0.15, 0.2) is 11.6 Å². The summed E-state index contributed by atoms with van der Waals surface area (Å²) in [5, 5.41) is 0. The Balaban J connectivity index is 0.00000206. The summed E-state index contributed by atoms with van der Waals surface area (Å²) in [6.07, 6.45) is 20.4. The third-order valence-corrected chi connectivity index (χ3v) is 13.2. The molecule has 0 radical (unpaired) electrons. The maximum absolute atomic E-state index is 13.3. The molecule has 4 nitrogen and oxygen atoms in total. The molecule has 302 valence electrons. The number of fused-ring (bicyclic) bond motifs is 5. The van der Waals surface area contributed by atoms with Crippen molar-refractivity contribution < 1.29 is 14.3 Å². The predicted molar refractivity (Wildman–Crippen MR) is 223 cm³/mol. The molecule has 0 spiro atoms. The summed E-state index contributed by atoms with van der Waals surface area (Å²) in [5.41, 5.74) is 8.04. The lowest BCUT2D eigenvalue weighted by Gasteiger charge is -2.58. The summed E-state index contributed by atoms with van der Waals surface area (Å²) in [5.74, 6) is 4.16. The normalized spacial score (nSPS) is 31.2. The van der Waals surface area contributed by atoms with Gasteiger partial charge in [0.2, 0.25) is 0 Å². The monoisotopic (exact) mass is 718 g/mol. The standard InChI is InChI=1S/C41H73NO3.3C2H6/c1-12-39(10,26-29(4)5)36(43)45-38(8,9)27-37(6,7)44-32-21-23-40(11)31(25-32)17-19-33-34(40)22-24-41(42)30(18-20-35(33)41)16-14-13-15-28(2)3;3*1-2/h17,28-30,32-35H,12-16,18-27,42H2,1-11H3;3*1-2H3. The van der Waals surface area contributed by atoms with Crippen molar-refractivity contribution in [1.82, 2.24) is 0 Å². The predicted octanol–water partition coefficient (Wildman–Crippen LogP) is 13.9. The van der Waals surface area contributed by atoms with Gasteiger partial charge in [0.15, 0.2) is 0 Å². The van der Waals surface area contributed by atoms with E-state index in [4.69, 9.17) is 15.2 Å². The third-order valence-electron chi connectivity index (χ3n) is 13.2. The first-order valence-electron chi connectivity index (χ1n) is 22.2. The molecular weight excluding hydrogens is 627 g/mol. The fraction of sp³-hybridized carbons (Fsp3) is 0.936. The highest BCUT2D eigenvalue weighted by molar-refractivity contribution is 5.76. The summed E-state index contributed by atoms with van der Waals surface area (Å²) in [6.45, 7) is 36.3. The van der Waals surface area contributed by atoms with Crippen LogP contribution in [0, 0.1) is 46.3 Å². The Morgan fingerprint density at radius 3 is 2.06 bits per heavy atom. The van der Waals surface area contributed by atoms with Crippen molar-refractivity contribution in [2.24, 2.45) is 52.1 Å². The molecule has 0 saturated heterocycles. The minimum atomic E-state index is -0.584. The number of allylic oxidation sites excluding steroid dienone is 1. The Kier molecular flexibility index (Phi) is 19.6.